The summed E-state index contributed by atoms with van der Waals surface area (Å²) in [7, 11) is 3.59. The highest BCUT2D eigenvalue weighted by molar-refractivity contribution is 5.50. The minimum absolute atomic E-state index is 0.508. The summed E-state index contributed by atoms with van der Waals surface area (Å²) in [6.45, 7) is 5.94. The van der Waals surface area contributed by atoms with Crippen molar-refractivity contribution in [1.29, 1.82) is 0 Å². The lowest BCUT2D eigenvalue weighted by Gasteiger charge is -2.31. The van der Waals surface area contributed by atoms with Gasteiger partial charge in [-0.1, -0.05) is 0 Å². The molecule has 1 N–H and O–H groups in total. The van der Waals surface area contributed by atoms with Crippen molar-refractivity contribution in [2.24, 2.45) is 5.92 Å². The highest BCUT2D eigenvalue weighted by Gasteiger charge is 2.33. The SMILES string of the molecule is CNc1ncc(C)c(N(CCOC)C(C)C2CC2)n1. The Morgan fingerprint density at radius 2 is 2.26 bits per heavy atom. The molecule has 1 atom stereocenters. The van der Waals surface area contributed by atoms with Gasteiger partial charge in [0.1, 0.15) is 5.82 Å². The molecule has 1 saturated carbocycles. The Morgan fingerprint density at radius 1 is 1.53 bits per heavy atom. The number of hydrogen-bond donors (Lipinski definition) is 1. The van der Waals surface area contributed by atoms with Crippen LogP contribution in [0.3, 0.4) is 0 Å². The minimum atomic E-state index is 0.508. The molecule has 2 rings (SSSR count). The average molecular weight is 264 g/mol. The third-order valence-electron chi connectivity index (χ3n) is 3.77. The number of ether oxygens (including phenoxy) is 1. The van der Waals surface area contributed by atoms with Crippen LogP contribution in [0.5, 0.6) is 0 Å². The van der Waals surface area contributed by atoms with E-state index in [2.05, 4.69) is 34.0 Å². The lowest BCUT2D eigenvalue weighted by Crippen LogP contribution is -2.38. The Balaban J connectivity index is 2.24. The number of aryl methyl sites for hydroxylation is 1. The van der Waals surface area contributed by atoms with Crippen LogP contribution in [0.15, 0.2) is 6.20 Å². The minimum Gasteiger partial charge on any atom is -0.383 e. The van der Waals surface area contributed by atoms with E-state index < -0.39 is 0 Å². The van der Waals surface area contributed by atoms with Crippen LogP contribution < -0.4 is 10.2 Å². The van der Waals surface area contributed by atoms with E-state index in [1.54, 1.807) is 7.11 Å². The molecule has 1 aromatic heterocycles. The number of hydrogen-bond acceptors (Lipinski definition) is 5. The molecular formula is C14H24N4O. The highest BCUT2D eigenvalue weighted by atomic mass is 16.5. The first kappa shape index (κ1) is 14.1. The maximum absolute atomic E-state index is 5.24. The molecule has 1 unspecified atom stereocenters. The zero-order chi connectivity index (χ0) is 13.8. The summed E-state index contributed by atoms with van der Waals surface area (Å²) >= 11 is 0. The summed E-state index contributed by atoms with van der Waals surface area (Å²) in [6, 6.07) is 0.508. The zero-order valence-electron chi connectivity index (χ0n) is 12.3. The molecule has 19 heavy (non-hydrogen) atoms. The van der Waals surface area contributed by atoms with E-state index in [1.807, 2.05) is 13.2 Å². The van der Waals surface area contributed by atoms with Gasteiger partial charge < -0.3 is 15.0 Å². The molecular weight excluding hydrogens is 240 g/mol. The molecule has 0 aromatic carbocycles. The van der Waals surface area contributed by atoms with Gasteiger partial charge in [0.15, 0.2) is 0 Å². The third-order valence-corrected chi connectivity index (χ3v) is 3.77. The van der Waals surface area contributed by atoms with Crippen molar-refractivity contribution in [3.63, 3.8) is 0 Å². The van der Waals surface area contributed by atoms with Crippen LogP contribution >= 0.6 is 0 Å². The maximum Gasteiger partial charge on any atom is 0.224 e. The lowest BCUT2D eigenvalue weighted by atomic mass is 10.1. The summed E-state index contributed by atoms with van der Waals surface area (Å²) in [4.78, 5) is 11.2. The fourth-order valence-corrected chi connectivity index (χ4v) is 2.37. The first-order chi connectivity index (χ1) is 9.17. The van der Waals surface area contributed by atoms with E-state index in [9.17, 15) is 0 Å². The molecule has 0 bridgehead atoms. The van der Waals surface area contributed by atoms with Crippen LogP contribution in [0, 0.1) is 12.8 Å². The standard InChI is InChI=1S/C14H24N4O/c1-10-9-16-14(15-3)17-13(10)18(7-8-19-4)11(2)12-5-6-12/h9,11-12H,5-8H2,1-4H3,(H,15,16,17). The monoisotopic (exact) mass is 264 g/mol. The number of rotatable bonds is 7. The molecule has 0 aliphatic heterocycles. The van der Waals surface area contributed by atoms with E-state index in [0.29, 0.717) is 12.0 Å². The predicted molar refractivity (Wildman–Crippen MR) is 77.7 cm³/mol. The van der Waals surface area contributed by atoms with Gasteiger partial charge in [0.25, 0.3) is 0 Å². The number of nitrogens with one attached hydrogen (secondary N) is 1. The van der Waals surface area contributed by atoms with Crippen LogP contribution in [0.1, 0.15) is 25.3 Å². The molecule has 106 valence electrons. The van der Waals surface area contributed by atoms with Gasteiger partial charge in [0.05, 0.1) is 6.61 Å². The Labute approximate surface area is 115 Å². The van der Waals surface area contributed by atoms with Crippen LogP contribution in [0.25, 0.3) is 0 Å². The molecule has 0 saturated heterocycles. The first-order valence-electron chi connectivity index (χ1n) is 6.94. The number of nitrogens with zero attached hydrogens (tertiary/aromatic N) is 3. The van der Waals surface area contributed by atoms with Crippen LogP contribution in [-0.4, -0.2) is 43.3 Å². The van der Waals surface area contributed by atoms with E-state index >= 15 is 0 Å². The molecule has 1 aromatic rings. The van der Waals surface area contributed by atoms with E-state index in [4.69, 9.17) is 4.74 Å². The van der Waals surface area contributed by atoms with Crippen LogP contribution in [-0.2, 0) is 4.74 Å². The van der Waals surface area contributed by atoms with Gasteiger partial charge in [0, 0.05) is 38.5 Å². The second kappa shape index (κ2) is 6.19. The van der Waals surface area contributed by atoms with Gasteiger partial charge in [-0.15, -0.1) is 0 Å². The van der Waals surface area contributed by atoms with Gasteiger partial charge >= 0.3 is 0 Å². The van der Waals surface area contributed by atoms with Gasteiger partial charge in [-0.3, -0.25) is 0 Å². The fourth-order valence-electron chi connectivity index (χ4n) is 2.37. The summed E-state index contributed by atoms with van der Waals surface area (Å²) in [5, 5.41) is 3.01. The molecule has 0 spiro atoms. The third kappa shape index (κ3) is 3.35. The fraction of sp³-hybridized carbons (Fsp3) is 0.714. The summed E-state index contributed by atoms with van der Waals surface area (Å²) in [5.41, 5.74) is 1.11. The van der Waals surface area contributed by atoms with Gasteiger partial charge in [-0.2, -0.15) is 4.98 Å². The van der Waals surface area contributed by atoms with Crippen molar-refractivity contribution in [3.8, 4) is 0 Å². The molecule has 1 heterocycles. The Hall–Kier alpha value is -1.36. The zero-order valence-corrected chi connectivity index (χ0v) is 12.3. The van der Waals surface area contributed by atoms with E-state index in [0.717, 1.165) is 30.5 Å². The topological polar surface area (TPSA) is 50.3 Å². The molecule has 0 amide bonds. The normalized spacial score (nSPS) is 16.2. The molecule has 1 aliphatic carbocycles. The lowest BCUT2D eigenvalue weighted by molar-refractivity contribution is 0.202. The predicted octanol–water partition coefficient (Wildman–Crippen LogP) is 2.08. The number of methoxy groups -OCH3 is 1. The highest BCUT2D eigenvalue weighted by Crippen LogP contribution is 2.37. The van der Waals surface area contributed by atoms with Crippen LogP contribution in [0.2, 0.25) is 0 Å². The number of aromatic nitrogens is 2. The van der Waals surface area contributed by atoms with E-state index in [-0.39, 0.29) is 0 Å². The van der Waals surface area contributed by atoms with Gasteiger partial charge in [-0.25, -0.2) is 4.98 Å². The maximum atomic E-state index is 5.24. The Kier molecular flexibility index (Phi) is 4.58. The largest absolute Gasteiger partial charge is 0.383 e. The van der Waals surface area contributed by atoms with Crippen molar-refractivity contribution in [2.75, 3.05) is 37.5 Å². The second-order valence-electron chi connectivity index (χ2n) is 5.21. The van der Waals surface area contributed by atoms with Crippen molar-refractivity contribution in [1.82, 2.24) is 9.97 Å². The smallest absolute Gasteiger partial charge is 0.224 e. The van der Waals surface area contributed by atoms with Crippen molar-refractivity contribution in [2.45, 2.75) is 32.7 Å². The summed E-state index contributed by atoms with van der Waals surface area (Å²) in [6.07, 6.45) is 4.54. The number of anilines is 2. The van der Waals surface area contributed by atoms with Crippen LogP contribution in [0.4, 0.5) is 11.8 Å². The average Bonchev–Trinajstić information content (AvgIpc) is 3.25. The first-order valence-corrected chi connectivity index (χ1v) is 6.94. The molecule has 5 nitrogen and oxygen atoms in total. The molecule has 1 fully saturated rings. The molecule has 1 aliphatic rings. The van der Waals surface area contributed by atoms with E-state index in [1.165, 1.54) is 12.8 Å². The molecule has 5 heteroatoms. The Morgan fingerprint density at radius 3 is 2.84 bits per heavy atom. The van der Waals surface area contributed by atoms with Gasteiger partial charge in [-0.05, 0) is 32.6 Å². The quantitative estimate of drug-likeness (QED) is 0.817. The van der Waals surface area contributed by atoms with Crippen molar-refractivity contribution < 1.29 is 4.74 Å². The van der Waals surface area contributed by atoms with Crippen molar-refractivity contribution >= 4 is 11.8 Å². The summed E-state index contributed by atoms with van der Waals surface area (Å²) < 4.78 is 5.24. The Bertz CT molecular complexity index is 420. The van der Waals surface area contributed by atoms with Gasteiger partial charge in [0.2, 0.25) is 5.95 Å². The summed E-state index contributed by atoms with van der Waals surface area (Å²) in [5.74, 6) is 2.49. The van der Waals surface area contributed by atoms with Crippen molar-refractivity contribution in [3.05, 3.63) is 11.8 Å². The second-order valence-corrected chi connectivity index (χ2v) is 5.21. The molecule has 0 radical (unpaired) electrons.